The third kappa shape index (κ3) is 3.05. The highest BCUT2D eigenvalue weighted by Crippen LogP contribution is 2.23. The second-order valence-corrected chi connectivity index (χ2v) is 3.83. The first-order valence-corrected chi connectivity index (χ1v) is 4.99. The van der Waals surface area contributed by atoms with E-state index in [9.17, 15) is 14.9 Å². The van der Waals surface area contributed by atoms with Gasteiger partial charge >= 0.3 is 5.70 Å². The average Bonchev–Trinajstić information content (AvgIpc) is 2.18. The smallest absolute Gasteiger partial charge is 0.288 e. The molecule has 0 aromatic heterocycles. The molecule has 0 fully saturated rings. The average molecular weight is 260 g/mol. The number of nitro groups is 1. The zero-order chi connectivity index (χ0) is 12.3. The third-order valence-corrected chi connectivity index (χ3v) is 2.54. The maximum Gasteiger partial charge on any atom is 0.312 e. The maximum atomic E-state index is 11.0. The summed E-state index contributed by atoms with van der Waals surface area (Å²) in [5.74, 6) is -0.615. The van der Waals surface area contributed by atoms with E-state index in [-0.39, 0.29) is 5.02 Å². The van der Waals surface area contributed by atoms with Crippen LogP contribution in [-0.2, 0) is 4.79 Å². The zero-order valence-electron chi connectivity index (χ0n) is 8.24. The lowest BCUT2D eigenvalue weighted by molar-refractivity contribution is -0.417. The standard InChI is InChI=1S/C10H7Cl2NO3/c1-6(14)10(13(15)16)5-7-2-3-8(11)9(12)4-7/h2-5H,1H3. The summed E-state index contributed by atoms with van der Waals surface area (Å²) in [4.78, 5) is 20.8. The van der Waals surface area contributed by atoms with Gasteiger partial charge in [0.15, 0.2) is 0 Å². The molecule has 0 aliphatic heterocycles. The fourth-order valence-electron chi connectivity index (χ4n) is 1.04. The maximum absolute atomic E-state index is 11.0. The molecule has 16 heavy (non-hydrogen) atoms. The minimum atomic E-state index is -0.731. The third-order valence-electron chi connectivity index (χ3n) is 1.80. The highest BCUT2D eigenvalue weighted by atomic mass is 35.5. The Kier molecular flexibility index (Phi) is 4.04. The number of nitrogens with zero attached hydrogens (tertiary/aromatic N) is 1. The van der Waals surface area contributed by atoms with Crippen molar-refractivity contribution in [3.05, 3.63) is 49.6 Å². The molecule has 1 aromatic carbocycles. The van der Waals surface area contributed by atoms with E-state index >= 15 is 0 Å². The monoisotopic (exact) mass is 259 g/mol. The zero-order valence-corrected chi connectivity index (χ0v) is 9.75. The lowest BCUT2D eigenvalue weighted by Crippen LogP contribution is -2.07. The van der Waals surface area contributed by atoms with Crippen molar-refractivity contribution in [1.29, 1.82) is 0 Å². The fraction of sp³-hybridized carbons (Fsp3) is 0.100. The lowest BCUT2D eigenvalue weighted by atomic mass is 10.1. The lowest BCUT2D eigenvalue weighted by Gasteiger charge is -1.98. The number of rotatable bonds is 3. The molecule has 0 spiro atoms. The number of hydrogen-bond donors (Lipinski definition) is 0. The van der Waals surface area contributed by atoms with Crippen LogP contribution in [0.5, 0.6) is 0 Å². The topological polar surface area (TPSA) is 60.2 Å². The van der Waals surface area contributed by atoms with Crippen LogP contribution < -0.4 is 0 Å². The molecule has 1 rings (SSSR count). The van der Waals surface area contributed by atoms with Crippen molar-refractivity contribution < 1.29 is 9.72 Å². The molecule has 0 radical (unpaired) electrons. The van der Waals surface area contributed by atoms with Gasteiger partial charge in [0.05, 0.1) is 15.0 Å². The van der Waals surface area contributed by atoms with Crippen molar-refractivity contribution >= 4 is 35.1 Å². The first-order valence-electron chi connectivity index (χ1n) is 4.24. The van der Waals surface area contributed by atoms with Gasteiger partial charge in [0.1, 0.15) is 0 Å². The summed E-state index contributed by atoms with van der Waals surface area (Å²) < 4.78 is 0. The number of halogens is 2. The van der Waals surface area contributed by atoms with Gasteiger partial charge < -0.3 is 0 Å². The molecule has 0 saturated heterocycles. The Morgan fingerprint density at radius 3 is 2.44 bits per heavy atom. The Bertz CT molecular complexity index is 467. The van der Waals surface area contributed by atoms with E-state index in [1.54, 1.807) is 6.07 Å². The van der Waals surface area contributed by atoms with Crippen molar-refractivity contribution in [3.8, 4) is 0 Å². The van der Waals surface area contributed by atoms with Crippen molar-refractivity contribution in [3.63, 3.8) is 0 Å². The van der Waals surface area contributed by atoms with E-state index in [1.807, 2.05) is 0 Å². The Labute approximate surface area is 102 Å². The Balaban J connectivity index is 3.18. The van der Waals surface area contributed by atoms with Crippen molar-refractivity contribution in [1.82, 2.24) is 0 Å². The van der Waals surface area contributed by atoms with Crippen LogP contribution in [0.2, 0.25) is 10.0 Å². The van der Waals surface area contributed by atoms with Gasteiger partial charge in [-0.15, -0.1) is 0 Å². The molecule has 84 valence electrons. The summed E-state index contributed by atoms with van der Waals surface area (Å²) in [5.41, 5.74) is -0.0327. The SMILES string of the molecule is CC(=O)C(=Cc1ccc(Cl)c(Cl)c1)[N+](=O)[O-]. The van der Waals surface area contributed by atoms with E-state index in [4.69, 9.17) is 23.2 Å². The van der Waals surface area contributed by atoms with Crippen molar-refractivity contribution in [2.75, 3.05) is 0 Å². The van der Waals surface area contributed by atoms with E-state index in [1.165, 1.54) is 12.1 Å². The summed E-state index contributed by atoms with van der Waals surface area (Å²) in [6.45, 7) is 1.13. The number of Topliss-reactive ketones (excluding diaryl/α,β-unsaturated/α-hetero) is 1. The largest absolute Gasteiger partial charge is 0.312 e. The van der Waals surface area contributed by atoms with E-state index < -0.39 is 16.4 Å². The Morgan fingerprint density at radius 2 is 2.00 bits per heavy atom. The van der Waals surface area contributed by atoms with Crippen LogP contribution in [0.4, 0.5) is 0 Å². The molecule has 0 heterocycles. The van der Waals surface area contributed by atoms with Crippen LogP contribution in [0.1, 0.15) is 12.5 Å². The predicted octanol–water partition coefficient (Wildman–Crippen LogP) is 3.20. The predicted molar refractivity (Wildman–Crippen MR) is 62.1 cm³/mol. The molecule has 0 amide bonds. The summed E-state index contributed by atoms with van der Waals surface area (Å²) in [5, 5.41) is 11.2. The van der Waals surface area contributed by atoms with E-state index in [0.29, 0.717) is 10.6 Å². The van der Waals surface area contributed by atoms with Gasteiger partial charge in [-0.05, 0) is 17.7 Å². The molecule has 0 bridgehead atoms. The molecular weight excluding hydrogens is 253 g/mol. The van der Waals surface area contributed by atoms with Crippen LogP contribution in [0.25, 0.3) is 6.08 Å². The highest BCUT2D eigenvalue weighted by Gasteiger charge is 2.16. The fourth-order valence-corrected chi connectivity index (χ4v) is 1.35. The summed E-state index contributed by atoms with van der Waals surface area (Å²) >= 11 is 11.4. The number of benzene rings is 1. The molecule has 0 aliphatic rings. The van der Waals surface area contributed by atoms with Crippen LogP contribution in [0, 0.1) is 10.1 Å². The van der Waals surface area contributed by atoms with Gasteiger partial charge in [0, 0.05) is 13.0 Å². The van der Waals surface area contributed by atoms with Gasteiger partial charge in [0.25, 0.3) is 0 Å². The van der Waals surface area contributed by atoms with Crippen molar-refractivity contribution in [2.24, 2.45) is 0 Å². The summed E-state index contributed by atoms with van der Waals surface area (Å²) in [6.07, 6.45) is 1.16. The Hall–Kier alpha value is -1.39. The number of carbonyl (C=O) groups excluding carboxylic acids is 1. The molecule has 0 aliphatic carbocycles. The normalized spacial score (nSPS) is 11.3. The second-order valence-electron chi connectivity index (χ2n) is 3.02. The molecule has 6 heteroatoms. The molecule has 1 aromatic rings. The minimum Gasteiger partial charge on any atom is -0.288 e. The number of hydrogen-bond acceptors (Lipinski definition) is 3. The first kappa shape index (κ1) is 12.7. The highest BCUT2D eigenvalue weighted by molar-refractivity contribution is 6.42. The van der Waals surface area contributed by atoms with Crippen LogP contribution in [0.3, 0.4) is 0 Å². The van der Waals surface area contributed by atoms with Gasteiger partial charge in [-0.3, -0.25) is 14.9 Å². The summed E-state index contributed by atoms with van der Waals surface area (Å²) in [6, 6.07) is 4.50. The molecule has 4 nitrogen and oxygen atoms in total. The Morgan fingerprint density at radius 1 is 1.38 bits per heavy atom. The molecule has 0 unspecified atom stereocenters. The molecule has 0 N–H and O–H groups in total. The van der Waals surface area contributed by atoms with E-state index in [2.05, 4.69) is 0 Å². The van der Waals surface area contributed by atoms with Crippen LogP contribution in [-0.4, -0.2) is 10.7 Å². The van der Waals surface area contributed by atoms with Gasteiger partial charge in [0.2, 0.25) is 5.78 Å². The minimum absolute atomic E-state index is 0.279. The quantitative estimate of drug-likeness (QED) is 0.476. The number of allylic oxidation sites excluding steroid dienone is 1. The molecular formula is C10H7Cl2NO3. The molecule has 0 atom stereocenters. The number of ketones is 1. The van der Waals surface area contributed by atoms with Gasteiger partial charge in [-0.25, -0.2) is 0 Å². The van der Waals surface area contributed by atoms with Crippen LogP contribution >= 0.6 is 23.2 Å². The van der Waals surface area contributed by atoms with Gasteiger partial charge in [-0.1, -0.05) is 29.3 Å². The van der Waals surface area contributed by atoms with Gasteiger partial charge in [-0.2, -0.15) is 0 Å². The molecule has 0 saturated carbocycles. The van der Waals surface area contributed by atoms with Crippen molar-refractivity contribution in [2.45, 2.75) is 6.92 Å². The first-order chi connectivity index (χ1) is 7.41. The summed E-state index contributed by atoms with van der Waals surface area (Å²) in [7, 11) is 0. The second kappa shape index (κ2) is 5.09. The van der Waals surface area contributed by atoms with Crippen LogP contribution in [0.15, 0.2) is 23.9 Å². The number of carbonyl (C=O) groups is 1. The van der Waals surface area contributed by atoms with E-state index in [0.717, 1.165) is 13.0 Å².